The van der Waals surface area contributed by atoms with Crippen LogP contribution in [-0.4, -0.2) is 26.3 Å². The second kappa shape index (κ2) is 8.42. The fourth-order valence-electron chi connectivity index (χ4n) is 3.44. The lowest BCUT2D eigenvalue weighted by atomic mass is 10.1. The highest BCUT2D eigenvalue weighted by Crippen LogP contribution is 2.24. The van der Waals surface area contributed by atoms with Crippen LogP contribution in [0, 0.1) is 6.92 Å². The third kappa shape index (κ3) is 4.41. The van der Waals surface area contributed by atoms with Gasteiger partial charge in [0.05, 0.1) is 19.8 Å². The van der Waals surface area contributed by atoms with Crippen molar-refractivity contribution in [1.29, 1.82) is 0 Å². The van der Waals surface area contributed by atoms with E-state index >= 15 is 0 Å². The van der Waals surface area contributed by atoms with Crippen LogP contribution in [0.15, 0.2) is 65.1 Å². The van der Waals surface area contributed by atoms with Crippen LogP contribution < -0.4 is 10.2 Å². The molecular formula is C23H26N2O2. The van der Waals surface area contributed by atoms with E-state index in [4.69, 9.17) is 9.15 Å². The monoisotopic (exact) mass is 362 g/mol. The summed E-state index contributed by atoms with van der Waals surface area (Å²) in [6.07, 6.45) is 0. The first-order valence-corrected chi connectivity index (χ1v) is 9.57. The number of para-hydroxylation sites is 1. The minimum absolute atomic E-state index is 0.712. The molecule has 1 aromatic heterocycles. The number of hydrogen-bond donors (Lipinski definition) is 1. The number of rotatable bonds is 6. The molecule has 0 aliphatic carbocycles. The van der Waals surface area contributed by atoms with E-state index in [0.29, 0.717) is 6.54 Å². The Kier molecular flexibility index (Phi) is 5.56. The molecule has 1 aliphatic rings. The number of nitrogens with one attached hydrogen (secondary N) is 1. The van der Waals surface area contributed by atoms with Gasteiger partial charge in [-0.1, -0.05) is 48.0 Å². The molecule has 140 valence electrons. The van der Waals surface area contributed by atoms with Crippen molar-refractivity contribution in [2.75, 3.05) is 31.2 Å². The largest absolute Gasteiger partial charge is 0.460 e. The van der Waals surface area contributed by atoms with Gasteiger partial charge in [0.2, 0.25) is 0 Å². The van der Waals surface area contributed by atoms with Crippen molar-refractivity contribution in [2.24, 2.45) is 0 Å². The summed E-state index contributed by atoms with van der Waals surface area (Å²) in [6.45, 7) is 7.13. The van der Waals surface area contributed by atoms with E-state index in [2.05, 4.69) is 71.7 Å². The van der Waals surface area contributed by atoms with E-state index in [9.17, 15) is 0 Å². The fourth-order valence-corrected chi connectivity index (χ4v) is 3.44. The summed E-state index contributed by atoms with van der Waals surface area (Å²) < 4.78 is 11.5. The van der Waals surface area contributed by atoms with Gasteiger partial charge in [-0.3, -0.25) is 0 Å². The van der Waals surface area contributed by atoms with E-state index in [0.717, 1.165) is 49.9 Å². The number of aryl methyl sites for hydroxylation is 1. The number of furan rings is 1. The minimum atomic E-state index is 0.712. The van der Waals surface area contributed by atoms with Crippen LogP contribution in [0.5, 0.6) is 0 Å². The van der Waals surface area contributed by atoms with Gasteiger partial charge in [0.1, 0.15) is 11.5 Å². The number of hydrogen-bond acceptors (Lipinski definition) is 4. The summed E-state index contributed by atoms with van der Waals surface area (Å²) in [7, 11) is 0. The summed E-state index contributed by atoms with van der Waals surface area (Å²) >= 11 is 0. The average Bonchev–Trinajstić information content (AvgIpc) is 3.18. The van der Waals surface area contributed by atoms with E-state index in [1.54, 1.807) is 0 Å². The SMILES string of the molecule is Cc1ccc(-c2ccc(CNCc3ccccc3N3CCOCC3)o2)cc1. The van der Waals surface area contributed by atoms with Crippen LogP contribution in [0.3, 0.4) is 0 Å². The van der Waals surface area contributed by atoms with Crippen LogP contribution in [-0.2, 0) is 17.8 Å². The van der Waals surface area contributed by atoms with Gasteiger partial charge >= 0.3 is 0 Å². The highest BCUT2D eigenvalue weighted by atomic mass is 16.5. The van der Waals surface area contributed by atoms with Crippen LogP contribution in [0.25, 0.3) is 11.3 Å². The van der Waals surface area contributed by atoms with Crippen LogP contribution in [0.4, 0.5) is 5.69 Å². The minimum Gasteiger partial charge on any atom is -0.460 e. The molecule has 0 atom stereocenters. The second-order valence-electron chi connectivity index (χ2n) is 6.96. The fraction of sp³-hybridized carbons (Fsp3) is 0.304. The normalized spacial score (nSPS) is 14.5. The molecule has 1 fully saturated rings. The zero-order valence-corrected chi connectivity index (χ0v) is 15.8. The molecule has 1 N–H and O–H groups in total. The number of benzene rings is 2. The quantitative estimate of drug-likeness (QED) is 0.706. The Morgan fingerprint density at radius 1 is 0.889 bits per heavy atom. The molecule has 4 heteroatoms. The maximum atomic E-state index is 6.00. The van der Waals surface area contributed by atoms with Gasteiger partial charge in [-0.15, -0.1) is 0 Å². The predicted molar refractivity (Wildman–Crippen MR) is 109 cm³/mol. The van der Waals surface area contributed by atoms with Crippen molar-refractivity contribution in [2.45, 2.75) is 20.0 Å². The Labute approximate surface area is 160 Å². The first kappa shape index (κ1) is 17.8. The maximum absolute atomic E-state index is 6.00. The molecule has 2 aromatic carbocycles. The molecule has 0 spiro atoms. The molecule has 4 rings (SSSR count). The number of ether oxygens (including phenoxy) is 1. The topological polar surface area (TPSA) is 37.6 Å². The van der Waals surface area contributed by atoms with Gasteiger partial charge in [-0.25, -0.2) is 0 Å². The Bertz CT molecular complexity index is 864. The molecule has 3 aromatic rings. The van der Waals surface area contributed by atoms with Gasteiger partial charge < -0.3 is 19.4 Å². The predicted octanol–water partition coefficient (Wildman–Crippen LogP) is 4.38. The molecule has 0 saturated carbocycles. The lowest BCUT2D eigenvalue weighted by Crippen LogP contribution is -2.37. The van der Waals surface area contributed by atoms with Crippen molar-refractivity contribution in [3.8, 4) is 11.3 Å². The molecule has 2 heterocycles. The Hall–Kier alpha value is -2.56. The molecule has 0 bridgehead atoms. The zero-order valence-electron chi connectivity index (χ0n) is 15.8. The first-order valence-electron chi connectivity index (χ1n) is 9.57. The van der Waals surface area contributed by atoms with E-state index in [1.165, 1.54) is 16.8 Å². The molecule has 0 radical (unpaired) electrons. The van der Waals surface area contributed by atoms with E-state index < -0.39 is 0 Å². The Morgan fingerprint density at radius 2 is 1.67 bits per heavy atom. The van der Waals surface area contributed by atoms with Crippen molar-refractivity contribution in [1.82, 2.24) is 5.32 Å². The molecular weight excluding hydrogens is 336 g/mol. The van der Waals surface area contributed by atoms with Gasteiger partial charge in [0, 0.05) is 30.9 Å². The molecule has 4 nitrogen and oxygen atoms in total. The van der Waals surface area contributed by atoms with Gasteiger partial charge in [-0.05, 0) is 30.7 Å². The standard InChI is InChI=1S/C23H26N2O2/c1-18-6-8-19(9-7-18)23-11-10-21(27-23)17-24-16-20-4-2-3-5-22(20)25-12-14-26-15-13-25/h2-11,24H,12-17H2,1H3. The summed E-state index contributed by atoms with van der Waals surface area (Å²) in [6, 6.07) is 21.1. The molecule has 0 amide bonds. The summed E-state index contributed by atoms with van der Waals surface area (Å²) in [5.41, 5.74) is 4.98. The van der Waals surface area contributed by atoms with E-state index in [-0.39, 0.29) is 0 Å². The lowest BCUT2D eigenvalue weighted by Gasteiger charge is -2.30. The highest BCUT2D eigenvalue weighted by molar-refractivity contribution is 5.58. The van der Waals surface area contributed by atoms with Crippen molar-refractivity contribution in [3.63, 3.8) is 0 Å². The van der Waals surface area contributed by atoms with Crippen molar-refractivity contribution >= 4 is 5.69 Å². The third-order valence-corrected chi connectivity index (χ3v) is 4.96. The summed E-state index contributed by atoms with van der Waals surface area (Å²) in [4.78, 5) is 2.41. The zero-order chi connectivity index (χ0) is 18.5. The summed E-state index contributed by atoms with van der Waals surface area (Å²) in [5.74, 6) is 1.87. The second-order valence-corrected chi connectivity index (χ2v) is 6.96. The highest BCUT2D eigenvalue weighted by Gasteiger charge is 2.14. The number of nitrogens with zero attached hydrogens (tertiary/aromatic N) is 1. The third-order valence-electron chi connectivity index (χ3n) is 4.96. The number of anilines is 1. The van der Waals surface area contributed by atoms with E-state index in [1.807, 2.05) is 6.07 Å². The van der Waals surface area contributed by atoms with Crippen LogP contribution in [0.2, 0.25) is 0 Å². The molecule has 0 unspecified atom stereocenters. The maximum Gasteiger partial charge on any atom is 0.134 e. The first-order chi connectivity index (χ1) is 13.3. The van der Waals surface area contributed by atoms with Crippen molar-refractivity contribution in [3.05, 3.63) is 77.6 Å². The Morgan fingerprint density at radius 3 is 2.48 bits per heavy atom. The number of morpholine rings is 1. The molecule has 1 saturated heterocycles. The van der Waals surface area contributed by atoms with Gasteiger partial charge in [-0.2, -0.15) is 0 Å². The lowest BCUT2D eigenvalue weighted by molar-refractivity contribution is 0.122. The van der Waals surface area contributed by atoms with Crippen molar-refractivity contribution < 1.29 is 9.15 Å². The average molecular weight is 362 g/mol. The summed E-state index contributed by atoms with van der Waals surface area (Å²) in [5, 5.41) is 3.52. The molecule has 1 aliphatic heterocycles. The Balaban J connectivity index is 1.37. The molecule has 27 heavy (non-hydrogen) atoms. The van der Waals surface area contributed by atoms with Crippen LogP contribution in [0.1, 0.15) is 16.9 Å². The van der Waals surface area contributed by atoms with Crippen LogP contribution >= 0.6 is 0 Å². The van der Waals surface area contributed by atoms with Gasteiger partial charge in [0.25, 0.3) is 0 Å². The smallest absolute Gasteiger partial charge is 0.134 e. The van der Waals surface area contributed by atoms with Gasteiger partial charge in [0.15, 0.2) is 0 Å².